The summed E-state index contributed by atoms with van der Waals surface area (Å²) in [7, 11) is 0. The average molecular weight is 340 g/mol. The Balaban J connectivity index is 2.33. The average Bonchev–Trinajstić information content (AvgIpc) is 3.05. The maximum Gasteiger partial charge on any atom is 0.262 e. The van der Waals surface area contributed by atoms with Crippen molar-refractivity contribution >= 4 is 23.2 Å². The topological polar surface area (TPSA) is 78.4 Å². The van der Waals surface area contributed by atoms with E-state index in [0.29, 0.717) is 11.4 Å². The molecule has 2 atom stereocenters. The van der Waals surface area contributed by atoms with E-state index in [1.807, 2.05) is 0 Å². The Morgan fingerprint density at radius 1 is 1.22 bits per heavy atom. The lowest BCUT2D eigenvalue weighted by Crippen LogP contribution is -2.52. The van der Waals surface area contributed by atoms with Gasteiger partial charge in [0.2, 0.25) is 5.91 Å². The van der Waals surface area contributed by atoms with E-state index in [4.69, 9.17) is 0 Å². The number of thiophene rings is 1. The van der Waals surface area contributed by atoms with Crippen LogP contribution < -0.4 is 10.6 Å². The van der Waals surface area contributed by atoms with Gasteiger partial charge in [-0.25, -0.2) is 0 Å². The third kappa shape index (κ3) is 7.61. The van der Waals surface area contributed by atoms with Gasteiger partial charge in [0.15, 0.2) is 0 Å². The van der Waals surface area contributed by atoms with Gasteiger partial charge >= 0.3 is 0 Å². The van der Waals surface area contributed by atoms with E-state index >= 15 is 0 Å². The van der Waals surface area contributed by atoms with Crippen LogP contribution in [0.5, 0.6) is 0 Å². The van der Waals surface area contributed by atoms with Crippen LogP contribution in [0.4, 0.5) is 0 Å². The maximum absolute atomic E-state index is 12.1. The molecule has 2 unspecified atom stereocenters. The molecule has 1 rings (SSSR count). The Labute approximate surface area is 142 Å². The summed E-state index contributed by atoms with van der Waals surface area (Å²) in [6.07, 6.45) is 5.95. The minimum Gasteiger partial charge on any atom is -0.391 e. The van der Waals surface area contributed by atoms with Gasteiger partial charge in [0.25, 0.3) is 5.91 Å². The molecule has 3 N–H and O–H groups in total. The minimum atomic E-state index is -0.941. The van der Waals surface area contributed by atoms with E-state index in [1.165, 1.54) is 43.9 Å². The second-order valence-electron chi connectivity index (χ2n) is 5.73. The summed E-state index contributed by atoms with van der Waals surface area (Å²) in [5.41, 5.74) is 0. The van der Waals surface area contributed by atoms with Crippen LogP contribution in [0.15, 0.2) is 17.5 Å². The van der Waals surface area contributed by atoms with Gasteiger partial charge in [0.05, 0.1) is 11.0 Å². The lowest BCUT2D eigenvalue weighted by molar-refractivity contribution is -0.125. The highest BCUT2D eigenvalue weighted by Gasteiger charge is 2.25. The van der Waals surface area contributed by atoms with Crippen LogP contribution in [0.2, 0.25) is 0 Å². The van der Waals surface area contributed by atoms with E-state index < -0.39 is 12.1 Å². The molecule has 1 aromatic heterocycles. The smallest absolute Gasteiger partial charge is 0.262 e. The Hall–Kier alpha value is -1.40. The summed E-state index contributed by atoms with van der Waals surface area (Å²) >= 11 is 1.30. The first-order valence-electron chi connectivity index (χ1n) is 8.36. The first-order chi connectivity index (χ1) is 11.1. The predicted octanol–water partition coefficient (Wildman–Crippen LogP) is 2.70. The summed E-state index contributed by atoms with van der Waals surface area (Å²) in [6, 6.07) is 2.53. The molecule has 0 aliphatic carbocycles. The van der Waals surface area contributed by atoms with Gasteiger partial charge in [0, 0.05) is 6.54 Å². The number of amides is 2. The Kier molecular flexibility index (Phi) is 9.55. The number of carbonyl (C=O) groups is 2. The van der Waals surface area contributed by atoms with Crippen LogP contribution in [0.3, 0.4) is 0 Å². The number of aliphatic hydroxyl groups excluding tert-OH is 1. The Bertz CT molecular complexity index is 460. The van der Waals surface area contributed by atoms with Crippen molar-refractivity contribution < 1.29 is 14.7 Å². The SMILES string of the molecule is CCCCCCCCNC(=O)C(NC(=O)c1cccs1)C(C)O. The summed E-state index contributed by atoms with van der Waals surface area (Å²) in [5.74, 6) is -0.668. The molecule has 0 bridgehead atoms. The van der Waals surface area contributed by atoms with Gasteiger partial charge in [-0.1, -0.05) is 45.1 Å². The zero-order valence-electron chi connectivity index (χ0n) is 14.0. The first kappa shape index (κ1) is 19.6. The summed E-state index contributed by atoms with van der Waals surface area (Å²) in [6.45, 7) is 4.26. The highest BCUT2D eigenvalue weighted by atomic mass is 32.1. The molecular weight excluding hydrogens is 312 g/mol. The van der Waals surface area contributed by atoms with E-state index in [2.05, 4.69) is 17.6 Å². The Morgan fingerprint density at radius 2 is 1.91 bits per heavy atom. The molecule has 1 aromatic rings. The number of unbranched alkanes of at least 4 members (excludes halogenated alkanes) is 5. The number of hydrogen-bond donors (Lipinski definition) is 3. The minimum absolute atomic E-state index is 0.333. The van der Waals surface area contributed by atoms with E-state index in [1.54, 1.807) is 17.5 Å². The fraction of sp³-hybridized carbons (Fsp3) is 0.647. The molecule has 2 amide bonds. The van der Waals surface area contributed by atoms with E-state index in [9.17, 15) is 14.7 Å². The molecule has 6 heteroatoms. The maximum atomic E-state index is 12.1. The van der Waals surface area contributed by atoms with Crippen LogP contribution in [-0.2, 0) is 4.79 Å². The fourth-order valence-corrected chi connectivity index (χ4v) is 2.88. The van der Waals surface area contributed by atoms with Crippen molar-refractivity contribution in [2.24, 2.45) is 0 Å². The third-order valence-electron chi connectivity index (χ3n) is 3.63. The molecule has 23 heavy (non-hydrogen) atoms. The van der Waals surface area contributed by atoms with E-state index in [-0.39, 0.29) is 11.8 Å². The van der Waals surface area contributed by atoms with Gasteiger partial charge in [-0.05, 0) is 24.8 Å². The number of hydrogen-bond acceptors (Lipinski definition) is 4. The molecule has 0 saturated carbocycles. The quantitative estimate of drug-likeness (QED) is 0.542. The summed E-state index contributed by atoms with van der Waals surface area (Å²) < 4.78 is 0. The third-order valence-corrected chi connectivity index (χ3v) is 4.49. The lowest BCUT2D eigenvalue weighted by atomic mass is 10.1. The zero-order chi connectivity index (χ0) is 17.1. The van der Waals surface area contributed by atoms with Gasteiger partial charge < -0.3 is 15.7 Å². The molecule has 0 spiro atoms. The number of nitrogens with one attached hydrogen (secondary N) is 2. The van der Waals surface area contributed by atoms with Crippen molar-refractivity contribution in [1.29, 1.82) is 0 Å². The second kappa shape index (κ2) is 11.2. The van der Waals surface area contributed by atoms with Crippen LogP contribution in [-0.4, -0.2) is 35.6 Å². The van der Waals surface area contributed by atoms with Crippen LogP contribution in [0.25, 0.3) is 0 Å². The Morgan fingerprint density at radius 3 is 2.52 bits per heavy atom. The van der Waals surface area contributed by atoms with Crippen molar-refractivity contribution in [3.63, 3.8) is 0 Å². The summed E-state index contributed by atoms with van der Waals surface area (Å²) in [5, 5.41) is 16.9. The largest absolute Gasteiger partial charge is 0.391 e. The molecule has 0 saturated heterocycles. The molecule has 1 heterocycles. The standard InChI is InChI=1S/C17H28N2O3S/c1-3-4-5-6-7-8-11-18-17(22)15(13(2)20)19-16(21)14-10-9-12-23-14/h9-10,12-13,15,20H,3-8,11H2,1-2H3,(H,18,22)(H,19,21). The van der Waals surface area contributed by atoms with Gasteiger partial charge in [0.1, 0.15) is 6.04 Å². The van der Waals surface area contributed by atoms with Crippen LogP contribution >= 0.6 is 11.3 Å². The second-order valence-corrected chi connectivity index (χ2v) is 6.68. The van der Waals surface area contributed by atoms with Gasteiger partial charge in [-0.15, -0.1) is 11.3 Å². The molecule has 0 aliphatic heterocycles. The zero-order valence-corrected chi connectivity index (χ0v) is 14.8. The highest BCUT2D eigenvalue weighted by Crippen LogP contribution is 2.09. The molecule has 0 fully saturated rings. The van der Waals surface area contributed by atoms with Crippen molar-refractivity contribution in [1.82, 2.24) is 10.6 Å². The van der Waals surface area contributed by atoms with Crippen molar-refractivity contribution in [2.75, 3.05) is 6.54 Å². The molecule has 0 radical (unpaired) electrons. The highest BCUT2D eigenvalue weighted by molar-refractivity contribution is 7.12. The number of carbonyl (C=O) groups excluding carboxylic acids is 2. The summed E-state index contributed by atoms with van der Waals surface area (Å²) in [4.78, 5) is 24.7. The molecular formula is C17H28N2O3S. The lowest BCUT2D eigenvalue weighted by Gasteiger charge is -2.20. The predicted molar refractivity (Wildman–Crippen MR) is 93.6 cm³/mol. The van der Waals surface area contributed by atoms with Gasteiger partial charge in [-0.2, -0.15) is 0 Å². The fourth-order valence-electron chi connectivity index (χ4n) is 2.25. The first-order valence-corrected chi connectivity index (χ1v) is 9.24. The van der Waals surface area contributed by atoms with Crippen molar-refractivity contribution in [3.8, 4) is 0 Å². The monoisotopic (exact) mass is 340 g/mol. The number of rotatable bonds is 11. The molecule has 0 aliphatic rings. The van der Waals surface area contributed by atoms with Gasteiger partial charge in [-0.3, -0.25) is 9.59 Å². The van der Waals surface area contributed by atoms with Crippen LogP contribution in [0, 0.1) is 0 Å². The van der Waals surface area contributed by atoms with Crippen molar-refractivity contribution in [3.05, 3.63) is 22.4 Å². The molecule has 0 aromatic carbocycles. The molecule has 130 valence electrons. The normalized spacial score (nSPS) is 13.3. The molecule has 5 nitrogen and oxygen atoms in total. The van der Waals surface area contributed by atoms with Crippen LogP contribution in [0.1, 0.15) is 62.0 Å². The van der Waals surface area contributed by atoms with Crippen molar-refractivity contribution in [2.45, 2.75) is 64.5 Å². The number of aliphatic hydroxyl groups is 1. The van der Waals surface area contributed by atoms with E-state index in [0.717, 1.165) is 12.8 Å².